The van der Waals surface area contributed by atoms with Crippen molar-refractivity contribution in [1.29, 1.82) is 0 Å². The van der Waals surface area contributed by atoms with Crippen LogP contribution in [-0.4, -0.2) is 38.5 Å². The van der Waals surface area contributed by atoms with Crippen molar-refractivity contribution in [1.82, 2.24) is 4.31 Å². The summed E-state index contributed by atoms with van der Waals surface area (Å²) in [6.07, 6.45) is 1.93. The van der Waals surface area contributed by atoms with Gasteiger partial charge in [0.2, 0.25) is 10.0 Å². The summed E-state index contributed by atoms with van der Waals surface area (Å²) in [6, 6.07) is 6.40. The molecule has 1 aliphatic heterocycles. The molecule has 106 valence electrons. The van der Waals surface area contributed by atoms with Gasteiger partial charge in [-0.3, -0.25) is 0 Å². The van der Waals surface area contributed by atoms with Crippen molar-refractivity contribution < 1.29 is 13.2 Å². The molecule has 1 aromatic rings. The van der Waals surface area contributed by atoms with Crippen molar-refractivity contribution in [3.05, 3.63) is 24.3 Å². The highest BCUT2D eigenvalue weighted by Crippen LogP contribution is 2.21. The van der Waals surface area contributed by atoms with Crippen LogP contribution < -0.4 is 5.73 Å². The van der Waals surface area contributed by atoms with Crippen molar-refractivity contribution in [3.8, 4) is 0 Å². The Morgan fingerprint density at radius 1 is 1.47 bits per heavy atom. The average molecular weight is 284 g/mol. The maximum atomic E-state index is 12.5. The number of nitrogens with zero attached hydrogens (tertiary/aromatic N) is 1. The van der Waals surface area contributed by atoms with Gasteiger partial charge in [0, 0.05) is 25.4 Å². The number of hydrogen-bond donors (Lipinski definition) is 1. The van der Waals surface area contributed by atoms with Crippen molar-refractivity contribution in [2.75, 3.05) is 25.4 Å². The summed E-state index contributed by atoms with van der Waals surface area (Å²) in [6.45, 7) is 3.39. The molecule has 1 saturated heterocycles. The van der Waals surface area contributed by atoms with Crippen molar-refractivity contribution in [3.63, 3.8) is 0 Å². The second kappa shape index (κ2) is 5.90. The maximum absolute atomic E-state index is 12.5. The topological polar surface area (TPSA) is 72.6 Å². The highest BCUT2D eigenvalue weighted by Gasteiger charge is 2.27. The van der Waals surface area contributed by atoms with E-state index in [1.807, 2.05) is 6.92 Å². The van der Waals surface area contributed by atoms with Gasteiger partial charge in [-0.15, -0.1) is 0 Å². The zero-order chi connectivity index (χ0) is 13.9. The molecule has 1 heterocycles. The first-order chi connectivity index (χ1) is 9.04. The predicted molar refractivity (Wildman–Crippen MR) is 74.3 cm³/mol. The first kappa shape index (κ1) is 14.3. The van der Waals surface area contributed by atoms with E-state index in [0.717, 1.165) is 19.4 Å². The number of anilines is 1. The van der Waals surface area contributed by atoms with E-state index < -0.39 is 10.0 Å². The first-order valence-electron chi connectivity index (χ1n) is 6.51. The van der Waals surface area contributed by atoms with Crippen LogP contribution in [0.3, 0.4) is 0 Å². The standard InChI is InChI=1S/C13H20N2O3S/c1-2-15(10-12-6-4-8-18-12)19(16,17)13-7-3-5-11(14)9-13/h3,5,7,9,12H,2,4,6,8,10,14H2,1H3. The van der Waals surface area contributed by atoms with Crippen LogP contribution in [0.25, 0.3) is 0 Å². The number of rotatable bonds is 5. The van der Waals surface area contributed by atoms with Crippen molar-refractivity contribution >= 4 is 15.7 Å². The number of nitrogen functional groups attached to an aromatic ring is 1. The molecule has 0 radical (unpaired) electrons. The SMILES string of the molecule is CCN(CC1CCCO1)S(=O)(=O)c1cccc(N)c1. The molecule has 1 atom stereocenters. The summed E-state index contributed by atoms with van der Waals surface area (Å²) in [4.78, 5) is 0.243. The van der Waals surface area contributed by atoms with Crippen LogP contribution in [0.4, 0.5) is 5.69 Å². The van der Waals surface area contributed by atoms with Gasteiger partial charge in [0.05, 0.1) is 11.0 Å². The fourth-order valence-electron chi connectivity index (χ4n) is 2.24. The minimum atomic E-state index is -3.49. The summed E-state index contributed by atoms with van der Waals surface area (Å²) in [5.41, 5.74) is 6.11. The van der Waals surface area contributed by atoms with Gasteiger partial charge in [-0.1, -0.05) is 13.0 Å². The van der Waals surface area contributed by atoms with Crippen LogP contribution in [0.2, 0.25) is 0 Å². The Bertz CT molecular complexity index is 524. The van der Waals surface area contributed by atoms with E-state index in [1.54, 1.807) is 18.2 Å². The number of ether oxygens (including phenoxy) is 1. The Labute approximate surface area is 114 Å². The molecule has 2 N–H and O–H groups in total. The van der Waals surface area contributed by atoms with E-state index in [9.17, 15) is 8.42 Å². The van der Waals surface area contributed by atoms with Gasteiger partial charge in [-0.25, -0.2) is 8.42 Å². The molecule has 0 aromatic heterocycles. The highest BCUT2D eigenvalue weighted by atomic mass is 32.2. The molecule has 0 saturated carbocycles. The van der Waals surface area contributed by atoms with Gasteiger partial charge < -0.3 is 10.5 Å². The zero-order valence-electron chi connectivity index (χ0n) is 11.1. The maximum Gasteiger partial charge on any atom is 0.243 e. The largest absolute Gasteiger partial charge is 0.399 e. The molecular weight excluding hydrogens is 264 g/mol. The smallest absolute Gasteiger partial charge is 0.243 e. The Hall–Kier alpha value is -1.11. The number of likely N-dealkylation sites (N-methyl/N-ethyl adjacent to an activating group) is 1. The first-order valence-corrected chi connectivity index (χ1v) is 7.95. The molecular formula is C13H20N2O3S. The Balaban J connectivity index is 2.20. The Kier molecular flexibility index (Phi) is 4.44. The van der Waals surface area contributed by atoms with E-state index in [0.29, 0.717) is 18.8 Å². The summed E-state index contributed by atoms with van der Waals surface area (Å²) >= 11 is 0. The second-order valence-corrected chi connectivity index (χ2v) is 6.60. The summed E-state index contributed by atoms with van der Waals surface area (Å²) < 4.78 is 32.0. The molecule has 1 aromatic carbocycles. The molecule has 1 aliphatic rings. The Morgan fingerprint density at radius 3 is 2.84 bits per heavy atom. The third-order valence-corrected chi connectivity index (χ3v) is 5.22. The van der Waals surface area contributed by atoms with E-state index in [1.165, 1.54) is 10.4 Å². The molecule has 5 nitrogen and oxygen atoms in total. The van der Waals surface area contributed by atoms with Crippen LogP contribution in [0, 0.1) is 0 Å². The van der Waals surface area contributed by atoms with Crippen LogP contribution in [-0.2, 0) is 14.8 Å². The van der Waals surface area contributed by atoms with E-state index in [4.69, 9.17) is 10.5 Å². The third-order valence-electron chi connectivity index (χ3n) is 3.28. The molecule has 0 aliphatic carbocycles. The van der Waals surface area contributed by atoms with Gasteiger partial charge in [-0.2, -0.15) is 4.31 Å². The average Bonchev–Trinajstić information content (AvgIpc) is 2.88. The number of hydrogen-bond acceptors (Lipinski definition) is 4. The molecule has 6 heteroatoms. The summed E-state index contributed by atoms with van der Waals surface area (Å²) in [7, 11) is -3.49. The molecule has 1 unspecified atom stereocenters. The van der Waals surface area contributed by atoms with Gasteiger partial charge in [0.25, 0.3) is 0 Å². The van der Waals surface area contributed by atoms with E-state index in [-0.39, 0.29) is 11.0 Å². The number of sulfonamides is 1. The normalized spacial score (nSPS) is 20.0. The number of nitrogens with two attached hydrogens (primary N) is 1. The van der Waals surface area contributed by atoms with Gasteiger partial charge in [0.15, 0.2) is 0 Å². The van der Waals surface area contributed by atoms with Crippen LogP contribution >= 0.6 is 0 Å². The van der Waals surface area contributed by atoms with Gasteiger partial charge >= 0.3 is 0 Å². The van der Waals surface area contributed by atoms with Crippen molar-refractivity contribution in [2.45, 2.75) is 30.8 Å². The molecule has 2 rings (SSSR count). The van der Waals surface area contributed by atoms with Crippen LogP contribution in [0.1, 0.15) is 19.8 Å². The molecule has 0 amide bonds. The lowest BCUT2D eigenvalue weighted by Crippen LogP contribution is -2.37. The van der Waals surface area contributed by atoms with Crippen LogP contribution in [0.5, 0.6) is 0 Å². The Morgan fingerprint density at radius 2 is 2.26 bits per heavy atom. The number of benzene rings is 1. The lowest BCUT2D eigenvalue weighted by atomic mass is 10.2. The predicted octanol–water partition coefficient (Wildman–Crippen LogP) is 1.46. The summed E-state index contributed by atoms with van der Waals surface area (Å²) in [5.74, 6) is 0. The van der Waals surface area contributed by atoms with E-state index in [2.05, 4.69) is 0 Å². The van der Waals surface area contributed by atoms with E-state index >= 15 is 0 Å². The molecule has 0 spiro atoms. The van der Waals surface area contributed by atoms with Gasteiger partial charge in [0.1, 0.15) is 0 Å². The fourth-order valence-corrected chi connectivity index (χ4v) is 3.77. The van der Waals surface area contributed by atoms with Gasteiger partial charge in [-0.05, 0) is 31.0 Å². The molecule has 1 fully saturated rings. The monoisotopic (exact) mass is 284 g/mol. The molecule has 0 bridgehead atoms. The lowest BCUT2D eigenvalue weighted by Gasteiger charge is -2.23. The minimum absolute atomic E-state index is 0.00999. The van der Waals surface area contributed by atoms with Crippen LogP contribution in [0.15, 0.2) is 29.2 Å². The molecule has 19 heavy (non-hydrogen) atoms. The highest BCUT2D eigenvalue weighted by molar-refractivity contribution is 7.89. The summed E-state index contributed by atoms with van der Waals surface area (Å²) in [5, 5.41) is 0. The third kappa shape index (κ3) is 3.26. The minimum Gasteiger partial charge on any atom is -0.399 e. The lowest BCUT2D eigenvalue weighted by molar-refractivity contribution is 0.0947. The van der Waals surface area contributed by atoms with Crippen molar-refractivity contribution in [2.24, 2.45) is 0 Å². The quantitative estimate of drug-likeness (QED) is 0.831. The fraction of sp³-hybridized carbons (Fsp3) is 0.538. The second-order valence-electron chi connectivity index (χ2n) is 4.66. The zero-order valence-corrected chi connectivity index (χ0v) is 11.9.